The minimum atomic E-state index is -0.482. The highest BCUT2D eigenvalue weighted by molar-refractivity contribution is 6.30. The average molecular weight is 426 g/mol. The molecule has 2 aromatic rings. The lowest BCUT2D eigenvalue weighted by Crippen LogP contribution is -2.54. The van der Waals surface area contributed by atoms with Crippen LogP contribution < -0.4 is 0 Å². The predicted molar refractivity (Wildman–Crippen MR) is 112 cm³/mol. The third kappa shape index (κ3) is 3.98. The monoisotopic (exact) mass is 425 g/mol. The van der Waals surface area contributed by atoms with Gasteiger partial charge in [-0.1, -0.05) is 60.5 Å². The predicted octanol–water partition coefficient (Wildman–Crippen LogP) is 4.24. The highest BCUT2D eigenvalue weighted by Crippen LogP contribution is 2.23. The number of benzene rings is 1. The maximum Gasteiger partial charge on any atom is 0.501 e. The molecule has 8 heteroatoms. The van der Waals surface area contributed by atoms with Gasteiger partial charge in [0, 0.05) is 10.6 Å². The SMILES string of the molecule is CCCCCN1C(=O)C2C=CC=CC2=[N+](Cc2nc(-c3cccc(Cl)c3)no2)C1=O. The summed E-state index contributed by atoms with van der Waals surface area (Å²) in [5.41, 5.74) is 1.35. The van der Waals surface area contributed by atoms with Crippen molar-refractivity contribution in [2.75, 3.05) is 6.54 Å². The summed E-state index contributed by atoms with van der Waals surface area (Å²) in [5.74, 6) is 0.0154. The Morgan fingerprint density at radius 3 is 2.90 bits per heavy atom. The number of carbonyl (C=O) groups excluding carboxylic acids is 2. The van der Waals surface area contributed by atoms with Crippen molar-refractivity contribution in [3.05, 3.63) is 59.5 Å². The molecule has 7 nitrogen and oxygen atoms in total. The summed E-state index contributed by atoms with van der Waals surface area (Å²) < 4.78 is 6.94. The highest BCUT2D eigenvalue weighted by atomic mass is 35.5. The Balaban J connectivity index is 1.63. The molecule has 0 spiro atoms. The second kappa shape index (κ2) is 8.75. The Bertz CT molecular complexity index is 1070. The molecule has 1 unspecified atom stereocenters. The molecule has 2 heterocycles. The average Bonchev–Trinajstić information content (AvgIpc) is 3.22. The molecule has 0 radical (unpaired) electrons. The summed E-state index contributed by atoms with van der Waals surface area (Å²) in [4.78, 5) is 31.8. The summed E-state index contributed by atoms with van der Waals surface area (Å²) in [7, 11) is 0. The Morgan fingerprint density at radius 2 is 2.10 bits per heavy atom. The van der Waals surface area contributed by atoms with Crippen LogP contribution in [0.25, 0.3) is 11.4 Å². The molecule has 30 heavy (non-hydrogen) atoms. The number of hydrogen-bond acceptors (Lipinski definition) is 5. The van der Waals surface area contributed by atoms with Crippen molar-refractivity contribution in [3.63, 3.8) is 0 Å². The molecule has 1 aliphatic heterocycles. The first kappa shape index (κ1) is 20.2. The molecule has 3 amide bonds. The fourth-order valence-electron chi connectivity index (χ4n) is 3.60. The molecular formula is C22H22ClN4O3+. The van der Waals surface area contributed by atoms with Gasteiger partial charge in [-0.25, -0.2) is 4.79 Å². The van der Waals surface area contributed by atoms with E-state index in [4.69, 9.17) is 16.1 Å². The first-order chi connectivity index (χ1) is 14.6. The molecular weight excluding hydrogens is 404 g/mol. The first-order valence-electron chi connectivity index (χ1n) is 10.0. The van der Waals surface area contributed by atoms with E-state index in [1.165, 1.54) is 4.90 Å². The highest BCUT2D eigenvalue weighted by Gasteiger charge is 2.46. The second-order valence-corrected chi connectivity index (χ2v) is 7.67. The van der Waals surface area contributed by atoms with Gasteiger partial charge < -0.3 is 4.52 Å². The van der Waals surface area contributed by atoms with Crippen LogP contribution >= 0.6 is 11.6 Å². The van der Waals surface area contributed by atoms with Crippen LogP contribution in [0.15, 0.2) is 53.1 Å². The topological polar surface area (TPSA) is 79.3 Å². The molecule has 2 aliphatic rings. The first-order valence-corrected chi connectivity index (χ1v) is 10.4. The lowest BCUT2D eigenvalue weighted by molar-refractivity contribution is -0.460. The Kier molecular flexibility index (Phi) is 5.90. The van der Waals surface area contributed by atoms with Gasteiger partial charge in [-0.15, -0.1) is 0 Å². The molecule has 0 saturated heterocycles. The zero-order chi connectivity index (χ0) is 21.1. The zero-order valence-corrected chi connectivity index (χ0v) is 17.4. The lowest BCUT2D eigenvalue weighted by Gasteiger charge is -2.26. The van der Waals surface area contributed by atoms with Crippen LogP contribution in [0.5, 0.6) is 0 Å². The maximum atomic E-state index is 13.2. The van der Waals surface area contributed by atoms with Crippen LogP contribution in [0.2, 0.25) is 5.02 Å². The number of allylic oxidation sites excluding steroid dienone is 3. The molecule has 154 valence electrons. The van der Waals surface area contributed by atoms with Crippen molar-refractivity contribution in [1.29, 1.82) is 0 Å². The van der Waals surface area contributed by atoms with Gasteiger partial charge in [0.15, 0.2) is 6.54 Å². The molecule has 1 aromatic carbocycles. The van der Waals surface area contributed by atoms with E-state index in [1.54, 1.807) is 28.9 Å². The van der Waals surface area contributed by atoms with Crippen LogP contribution in [0, 0.1) is 5.92 Å². The number of unbranched alkanes of at least 4 members (excludes halogenated alkanes) is 2. The molecule has 0 fully saturated rings. The third-order valence-electron chi connectivity index (χ3n) is 5.14. The van der Waals surface area contributed by atoms with E-state index in [0.29, 0.717) is 23.1 Å². The van der Waals surface area contributed by atoms with Crippen LogP contribution in [0.3, 0.4) is 0 Å². The van der Waals surface area contributed by atoms with Gasteiger partial charge in [0.2, 0.25) is 5.82 Å². The molecule has 0 saturated carbocycles. The van der Waals surface area contributed by atoms with Crippen LogP contribution in [0.4, 0.5) is 4.79 Å². The van der Waals surface area contributed by atoms with Crippen LogP contribution in [0.1, 0.15) is 32.1 Å². The number of halogens is 1. The van der Waals surface area contributed by atoms with E-state index in [-0.39, 0.29) is 24.4 Å². The fourth-order valence-corrected chi connectivity index (χ4v) is 3.79. The molecule has 4 rings (SSSR count). The van der Waals surface area contributed by atoms with Crippen molar-refractivity contribution in [1.82, 2.24) is 15.0 Å². The summed E-state index contributed by atoms with van der Waals surface area (Å²) >= 11 is 6.04. The van der Waals surface area contributed by atoms with Gasteiger partial charge in [0.1, 0.15) is 11.6 Å². The van der Waals surface area contributed by atoms with Crippen LogP contribution in [-0.2, 0) is 11.3 Å². The van der Waals surface area contributed by atoms with Gasteiger partial charge in [0.05, 0.1) is 6.54 Å². The van der Waals surface area contributed by atoms with E-state index >= 15 is 0 Å². The number of rotatable bonds is 7. The second-order valence-electron chi connectivity index (χ2n) is 7.23. The zero-order valence-electron chi connectivity index (χ0n) is 16.6. The smallest absolute Gasteiger partial charge is 0.335 e. The Morgan fingerprint density at radius 1 is 1.23 bits per heavy atom. The quantitative estimate of drug-likeness (QED) is 0.489. The van der Waals surface area contributed by atoms with Crippen molar-refractivity contribution >= 4 is 29.3 Å². The minimum Gasteiger partial charge on any atom is -0.335 e. The van der Waals surface area contributed by atoms with E-state index < -0.39 is 5.92 Å². The van der Waals surface area contributed by atoms with Crippen molar-refractivity contribution in [3.8, 4) is 11.4 Å². The number of hydrogen-bond donors (Lipinski definition) is 0. The van der Waals surface area contributed by atoms with Gasteiger partial charge in [-0.2, -0.15) is 19.3 Å². The number of urea groups is 1. The normalized spacial score (nSPS) is 18.3. The Labute approximate surface area is 179 Å². The molecule has 1 aliphatic carbocycles. The van der Waals surface area contributed by atoms with Crippen molar-refractivity contribution in [2.24, 2.45) is 5.92 Å². The third-order valence-corrected chi connectivity index (χ3v) is 5.37. The fraction of sp³-hybridized carbons (Fsp3) is 0.318. The standard InChI is InChI=1S/C22H22ClN4O3/c1-2-3-6-12-26-21(28)17-10-4-5-11-18(17)27(22(26)29)14-19-24-20(25-30-19)15-8-7-9-16(23)13-15/h4-5,7-11,13,17H,2-3,6,12,14H2,1H3/q+1. The molecule has 1 atom stereocenters. The number of imide groups is 1. The molecule has 0 N–H and O–H groups in total. The number of carbonyl (C=O) groups is 2. The maximum absolute atomic E-state index is 13.2. The molecule has 0 bridgehead atoms. The van der Waals surface area contributed by atoms with Gasteiger partial charge in [-0.3, -0.25) is 0 Å². The van der Waals surface area contributed by atoms with Crippen molar-refractivity contribution < 1.29 is 18.7 Å². The lowest BCUT2D eigenvalue weighted by atomic mass is 9.94. The van der Waals surface area contributed by atoms with Gasteiger partial charge in [-0.05, 0) is 31.1 Å². The van der Waals surface area contributed by atoms with Crippen LogP contribution in [-0.4, -0.2) is 43.8 Å². The molecule has 1 aromatic heterocycles. The minimum absolute atomic E-state index is 0.0912. The van der Waals surface area contributed by atoms with Gasteiger partial charge in [0.25, 0.3) is 5.89 Å². The largest absolute Gasteiger partial charge is 0.501 e. The summed E-state index contributed by atoms with van der Waals surface area (Å²) in [5, 5.41) is 4.59. The van der Waals surface area contributed by atoms with E-state index in [9.17, 15) is 9.59 Å². The van der Waals surface area contributed by atoms with E-state index in [1.807, 2.05) is 24.3 Å². The van der Waals surface area contributed by atoms with E-state index in [0.717, 1.165) is 24.8 Å². The summed E-state index contributed by atoms with van der Waals surface area (Å²) in [6.07, 6.45) is 10.0. The Hall–Kier alpha value is -3.06. The number of aromatic nitrogens is 2. The van der Waals surface area contributed by atoms with Crippen molar-refractivity contribution in [2.45, 2.75) is 32.7 Å². The number of nitrogens with zero attached hydrogens (tertiary/aromatic N) is 4. The summed E-state index contributed by atoms with van der Waals surface area (Å²) in [6.45, 7) is 2.58. The van der Waals surface area contributed by atoms with E-state index in [2.05, 4.69) is 17.1 Å². The van der Waals surface area contributed by atoms with Gasteiger partial charge >= 0.3 is 11.9 Å². The summed E-state index contributed by atoms with van der Waals surface area (Å²) in [6, 6.07) is 6.80. The number of fused-ring (bicyclic) bond motifs is 1. The number of amides is 3.